The molecule has 33 heavy (non-hydrogen) atoms. The zero-order valence-corrected chi connectivity index (χ0v) is 22.4. The highest BCUT2D eigenvalue weighted by molar-refractivity contribution is 5.38. The summed E-state index contributed by atoms with van der Waals surface area (Å²) < 4.78 is 6.41. The van der Waals surface area contributed by atoms with E-state index in [1.165, 1.54) is 0 Å². The van der Waals surface area contributed by atoms with E-state index >= 15 is 0 Å². The molecule has 2 N–H and O–H groups in total. The highest BCUT2D eigenvalue weighted by Gasteiger charge is 2.45. The number of rotatable bonds is 10. The summed E-state index contributed by atoms with van der Waals surface area (Å²) in [7, 11) is 0. The minimum absolute atomic E-state index is 0.00107. The predicted octanol–water partition coefficient (Wildman–Crippen LogP) is 5.68. The van der Waals surface area contributed by atoms with Crippen LogP contribution in [0.25, 0.3) is 0 Å². The second-order valence-electron chi connectivity index (χ2n) is 12.4. The van der Waals surface area contributed by atoms with Crippen LogP contribution in [0.2, 0.25) is 0 Å². The van der Waals surface area contributed by atoms with Gasteiger partial charge in [-0.25, -0.2) is 0 Å². The van der Waals surface area contributed by atoms with Crippen molar-refractivity contribution < 1.29 is 4.74 Å². The molecule has 2 rings (SSSR count). The molecule has 0 aliphatic carbocycles. The maximum Gasteiger partial charge on any atom is 0.323 e. The molecule has 0 radical (unpaired) electrons. The van der Waals surface area contributed by atoms with Crippen LogP contribution >= 0.6 is 0 Å². The largest absolute Gasteiger partial charge is 0.460 e. The maximum atomic E-state index is 6.41. The third-order valence-corrected chi connectivity index (χ3v) is 5.94. The first kappa shape index (κ1) is 27.1. The molecule has 0 aromatic carbocycles. The van der Waals surface area contributed by atoms with Crippen molar-refractivity contribution in [2.24, 2.45) is 5.41 Å². The van der Waals surface area contributed by atoms with Crippen LogP contribution in [-0.4, -0.2) is 55.7 Å². The Morgan fingerprint density at radius 2 is 1.55 bits per heavy atom. The van der Waals surface area contributed by atoms with E-state index in [1.54, 1.807) is 6.08 Å². The molecule has 1 aromatic rings. The Hall–Kier alpha value is -2.15. The average Bonchev–Trinajstić information content (AvgIpc) is 2.59. The van der Waals surface area contributed by atoms with E-state index in [4.69, 9.17) is 4.74 Å². The molecule has 0 saturated carbocycles. The van der Waals surface area contributed by atoms with Crippen LogP contribution in [0, 0.1) is 5.41 Å². The zero-order chi connectivity index (χ0) is 25.1. The number of ether oxygens (including phenoxy) is 1. The van der Waals surface area contributed by atoms with Crippen molar-refractivity contribution in [1.29, 1.82) is 0 Å². The fourth-order valence-electron chi connectivity index (χ4n) is 5.46. The topological polar surface area (TPSA) is 75.2 Å². The molecule has 1 aromatic heterocycles. The Bertz CT molecular complexity index is 807. The molecule has 186 valence electrons. The Morgan fingerprint density at radius 3 is 2.06 bits per heavy atom. The van der Waals surface area contributed by atoms with E-state index in [2.05, 4.69) is 106 Å². The molecule has 0 spiro atoms. The van der Waals surface area contributed by atoms with Gasteiger partial charge >= 0.3 is 6.01 Å². The molecule has 0 atom stereocenters. The summed E-state index contributed by atoms with van der Waals surface area (Å²) in [6.07, 6.45) is 6.47. The van der Waals surface area contributed by atoms with Crippen molar-refractivity contribution in [3.8, 4) is 6.01 Å². The second-order valence-corrected chi connectivity index (χ2v) is 12.4. The summed E-state index contributed by atoms with van der Waals surface area (Å²) in [6.45, 7) is 29.2. The van der Waals surface area contributed by atoms with Crippen molar-refractivity contribution in [3.05, 3.63) is 25.3 Å². The van der Waals surface area contributed by atoms with E-state index in [1.807, 2.05) is 6.08 Å². The van der Waals surface area contributed by atoms with Crippen LogP contribution < -0.4 is 15.4 Å². The smallest absolute Gasteiger partial charge is 0.323 e. The number of nitrogens with zero attached hydrogens (tertiary/aromatic N) is 4. The molecule has 0 bridgehead atoms. The number of anilines is 2. The first-order chi connectivity index (χ1) is 15.1. The van der Waals surface area contributed by atoms with Crippen LogP contribution in [0.1, 0.15) is 81.6 Å². The van der Waals surface area contributed by atoms with Gasteiger partial charge in [0.05, 0.1) is 0 Å². The van der Waals surface area contributed by atoms with E-state index in [0.29, 0.717) is 24.5 Å². The summed E-state index contributed by atoms with van der Waals surface area (Å²) in [5.41, 5.74) is -0.0867. The number of hydrogen-bond donors (Lipinski definition) is 2. The lowest BCUT2D eigenvalue weighted by molar-refractivity contribution is -0.0676. The molecule has 7 heteroatoms. The van der Waals surface area contributed by atoms with Gasteiger partial charge in [-0.3, -0.25) is 4.90 Å². The van der Waals surface area contributed by atoms with Gasteiger partial charge in [-0.05, 0) is 53.4 Å². The van der Waals surface area contributed by atoms with Crippen LogP contribution in [0.4, 0.5) is 11.9 Å². The first-order valence-corrected chi connectivity index (χ1v) is 12.0. The predicted molar refractivity (Wildman–Crippen MR) is 139 cm³/mol. The van der Waals surface area contributed by atoms with E-state index in [9.17, 15) is 0 Å². The van der Waals surface area contributed by atoms with Gasteiger partial charge in [-0.15, -0.1) is 13.2 Å². The molecular weight excluding hydrogens is 412 g/mol. The van der Waals surface area contributed by atoms with Gasteiger partial charge in [0.1, 0.15) is 6.10 Å². The molecular formula is C26H46N6O. The minimum atomic E-state index is -0.188. The summed E-state index contributed by atoms with van der Waals surface area (Å²) in [6, 6.07) is 0.347. The van der Waals surface area contributed by atoms with Gasteiger partial charge in [0.25, 0.3) is 0 Å². The molecule has 1 aliphatic heterocycles. The summed E-state index contributed by atoms with van der Waals surface area (Å²) in [4.78, 5) is 16.3. The minimum Gasteiger partial charge on any atom is -0.460 e. The first-order valence-electron chi connectivity index (χ1n) is 12.0. The Balaban J connectivity index is 2.29. The molecule has 0 unspecified atom stereocenters. The summed E-state index contributed by atoms with van der Waals surface area (Å²) in [5, 5.41) is 6.68. The zero-order valence-electron chi connectivity index (χ0n) is 22.4. The van der Waals surface area contributed by atoms with E-state index in [-0.39, 0.29) is 28.1 Å². The van der Waals surface area contributed by atoms with E-state index < -0.39 is 0 Å². The van der Waals surface area contributed by atoms with Crippen molar-refractivity contribution in [3.63, 3.8) is 0 Å². The van der Waals surface area contributed by atoms with Crippen LogP contribution in [0.5, 0.6) is 6.01 Å². The van der Waals surface area contributed by atoms with Gasteiger partial charge < -0.3 is 15.4 Å². The number of aromatic nitrogens is 3. The van der Waals surface area contributed by atoms with Crippen molar-refractivity contribution in [1.82, 2.24) is 19.9 Å². The Morgan fingerprint density at radius 1 is 0.970 bits per heavy atom. The standard InChI is InChI=1S/C26H46N6O/c1-12-14-27-20-28-21(31-24(6,7)18-23(3,4)5)30-22(29-20)33-19-16-25(8,9)32(15-13-2)26(10,11)17-19/h12-13,19H,1-2,14-18H2,3-11H3,(H2,27,28,29,30,31). The third-order valence-electron chi connectivity index (χ3n) is 5.94. The molecule has 1 saturated heterocycles. The summed E-state index contributed by atoms with van der Waals surface area (Å²) in [5.74, 6) is 1.000. The normalized spacial score (nSPS) is 19.1. The SMILES string of the molecule is C=CCNc1nc(NC(C)(C)CC(C)(C)C)nc(OC2CC(C)(C)N(CC=C)C(C)(C)C2)n1. The van der Waals surface area contributed by atoms with Crippen molar-refractivity contribution in [2.75, 3.05) is 23.7 Å². The lowest BCUT2D eigenvalue weighted by atomic mass is 9.78. The van der Waals surface area contributed by atoms with Crippen molar-refractivity contribution in [2.45, 2.75) is 104 Å². The fourth-order valence-corrected chi connectivity index (χ4v) is 5.46. The van der Waals surface area contributed by atoms with Crippen LogP contribution in [0.15, 0.2) is 25.3 Å². The van der Waals surface area contributed by atoms with Gasteiger partial charge in [0, 0.05) is 42.5 Å². The molecule has 0 amide bonds. The molecule has 7 nitrogen and oxygen atoms in total. The van der Waals surface area contributed by atoms with Gasteiger partial charge in [-0.1, -0.05) is 32.9 Å². The van der Waals surface area contributed by atoms with Crippen molar-refractivity contribution >= 4 is 11.9 Å². The Labute approximate surface area is 201 Å². The maximum absolute atomic E-state index is 6.41. The molecule has 1 aliphatic rings. The average molecular weight is 459 g/mol. The number of likely N-dealkylation sites (tertiary alicyclic amines) is 1. The third kappa shape index (κ3) is 7.98. The van der Waals surface area contributed by atoms with Gasteiger partial charge in [0.2, 0.25) is 11.9 Å². The fraction of sp³-hybridized carbons (Fsp3) is 0.731. The van der Waals surface area contributed by atoms with Crippen LogP contribution in [0.3, 0.4) is 0 Å². The second kappa shape index (κ2) is 10.00. The van der Waals surface area contributed by atoms with Crippen LogP contribution in [-0.2, 0) is 0 Å². The lowest BCUT2D eigenvalue weighted by Crippen LogP contribution is -2.62. The van der Waals surface area contributed by atoms with Gasteiger partial charge in [-0.2, -0.15) is 15.0 Å². The lowest BCUT2D eigenvalue weighted by Gasteiger charge is -2.54. The molecule has 2 heterocycles. The highest BCUT2D eigenvalue weighted by Crippen LogP contribution is 2.39. The summed E-state index contributed by atoms with van der Waals surface area (Å²) >= 11 is 0. The highest BCUT2D eigenvalue weighted by atomic mass is 16.5. The van der Waals surface area contributed by atoms with Gasteiger partial charge in [0.15, 0.2) is 0 Å². The monoisotopic (exact) mass is 458 g/mol. The number of hydrogen-bond acceptors (Lipinski definition) is 7. The number of nitrogens with one attached hydrogen (secondary N) is 2. The Kier molecular flexibility index (Phi) is 8.21. The van der Waals surface area contributed by atoms with E-state index in [0.717, 1.165) is 25.8 Å². The number of piperidine rings is 1. The quantitative estimate of drug-likeness (QED) is 0.437. The molecule has 1 fully saturated rings.